The molecule has 0 radical (unpaired) electrons. The number of nitrogens with zero attached hydrogens (tertiary/aromatic N) is 2. The van der Waals surface area contributed by atoms with Crippen LogP contribution in [0, 0.1) is 11.3 Å². The van der Waals surface area contributed by atoms with E-state index in [4.69, 9.17) is 11.0 Å². The second-order valence-electron chi connectivity index (χ2n) is 2.54. The first-order valence-corrected chi connectivity index (χ1v) is 4.10. The highest BCUT2D eigenvalue weighted by Crippen LogP contribution is 2.00. The first-order chi connectivity index (χ1) is 6.36. The molecule has 2 N–H and O–H groups in total. The molecule has 0 saturated carbocycles. The van der Waals surface area contributed by atoms with E-state index < -0.39 is 0 Å². The monoisotopic (exact) mass is 173 g/mol. The predicted octanol–water partition coefficient (Wildman–Crippen LogP) is 1.32. The summed E-state index contributed by atoms with van der Waals surface area (Å²) in [5.74, 6) is 0. The standard InChI is InChI=1S/C10H11N3/c11-7-2-1-4-9-5-3-6-10(8-12)13-9/h1,3-6H,2,7,11H2. The van der Waals surface area contributed by atoms with E-state index in [1.807, 2.05) is 30.4 Å². The Bertz CT molecular complexity index is 336. The van der Waals surface area contributed by atoms with Crippen LogP contribution in [0.4, 0.5) is 0 Å². The van der Waals surface area contributed by atoms with Gasteiger partial charge >= 0.3 is 0 Å². The van der Waals surface area contributed by atoms with Crippen LogP contribution in [0.1, 0.15) is 17.8 Å². The summed E-state index contributed by atoms with van der Waals surface area (Å²) in [7, 11) is 0. The summed E-state index contributed by atoms with van der Waals surface area (Å²) in [5.41, 5.74) is 6.56. The highest BCUT2D eigenvalue weighted by Gasteiger charge is 1.91. The smallest absolute Gasteiger partial charge is 0.141 e. The number of rotatable bonds is 3. The van der Waals surface area contributed by atoms with Gasteiger partial charge in [-0.2, -0.15) is 5.26 Å². The van der Waals surface area contributed by atoms with Gasteiger partial charge in [-0.1, -0.05) is 12.1 Å². The Kier molecular flexibility index (Phi) is 3.68. The number of hydrogen-bond donors (Lipinski definition) is 1. The summed E-state index contributed by atoms with van der Waals surface area (Å²) >= 11 is 0. The fraction of sp³-hybridized carbons (Fsp3) is 0.200. The van der Waals surface area contributed by atoms with Crippen LogP contribution in [-0.2, 0) is 0 Å². The topological polar surface area (TPSA) is 62.7 Å². The number of aromatic nitrogens is 1. The van der Waals surface area contributed by atoms with Gasteiger partial charge in [0, 0.05) is 0 Å². The van der Waals surface area contributed by atoms with Crippen LogP contribution in [0.25, 0.3) is 6.08 Å². The van der Waals surface area contributed by atoms with Gasteiger partial charge < -0.3 is 5.73 Å². The van der Waals surface area contributed by atoms with Crippen LogP contribution in [0.15, 0.2) is 24.3 Å². The molecular formula is C10H11N3. The molecule has 3 heteroatoms. The van der Waals surface area contributed by atoms with Crippen molar-refractivity contribution in [1.29, 1.82) is 5.26 Å². The van der Waals surface area contributed by atoms with Crippen LogP contribution in [0.2, 0.25) is 0 Å². The van der Waals surface area contributed by atoms with Crippen molar-refractivity contribution in [1.82, 2.24) is 4.98 Å². The molecule has 0 saturated heterocycles. The maximum Gasteiger partial charge on any atom is 0.141 e. The van der Waals surface area contributed by atoms with E-state index >= 15 is 0 Å². The number of nitriles is 1. The van der Waals surface area contributed by atoms with Crippen molar-refractivity contribution in [2.24, 2.45) is 5.73 Å². The molecular weight excluding hydrogens is 162 g/mol. The number of nitrogens with two attached hydrogens (primary N) is 1. The van der Waals surface area contributed by atoms with Crippen molar-refractivity contribution in [3.8, 4) is 6.07 Å². The van der Waals surface area contributed by atoms with Crippen LogP contribution in [-0.4, -0.2) is 11.5 Å². The molecule has 0 unspecified atom stereocenters. The Morgan fingerprint density at radius 2 is 2.38 bits per heavy atom. The molecule has 0 spiro atoms. The largest absolute Gasteiger partial charge is 0.330 e. The fourth-order valence-corrected chi connectivity index (χ4v) is 0.907. The van der Waals surface area contributed by atoms with Gasteiger partial charge in [0.05, 0.1) is 5.69 Å². The van der Waals surface area contributed by atoms with Gasteiger partial charge in [0.15, 0.2) is 0 Å². The summed E-state index contributed by atoms with van der Waals surface area (Å²) in [4.78, 5) is 4.07. The van der Waals surface area contributed by atoms with Crippen molar-refractivity contribution in [2.45, 2.75) is 6.42 Å². The van der Waals surface area contributed by atoms with Crippen molar-refractivity contribution >= 4 is 6.08 Å². The highest BCUT2D eigenvalue weighted by molar-refractivity contribution is 5.45. The highest BCUT2D eigenvalue weighted by atomic mass is 14.7. The molecule has 0 aliphatic carbocycles. The summed E-state index contributed by atoms with van der Waals surface area (Å²) in [6.45, 7) is 0.633. The normalized spacial score (nSPS) is 10.2. The van der Waals surface area contributed by atoms with E-state index in [9.17, 15) is 0 Å². The van der Waals surface area contributed by atoms with Gasteiger partial charge in [-0.15, -0.1) is 0 Å². The van der Waals surface area contributed by atoms with E-state index in [1.54, 1.807) is 6.07 Å². The minimum Gasteiger partial charge on any atom is -0.330 e. The van der Waals surface area contributed by atoms with Gasteiger partial charge in [-0.05, 0) is 31.2 Å². The minimum absolute atomic E-state index is 0.440. The van der Waals surface area contributed by atoms with Crippen LogP contribution in [0.3, 0.4) is 0 Å². The Balaban J connectivity index is 2.73. The molecule has 1 aromatic rings. The Morgan fingerprint density at radius 3 is 3.08 bits per heavy atom. The minimum atomic E-state index is 0.440. The maximum absolute atomic E-state index is 8.58. The molecule has 0 fully saturated rings. The van der Waals surface area contributed by atoms with E-state index in [0.717, 1.165) is 12.1 Å². The third-order valence-corrected chi connectivity index (χ3v) is 1.51. The first kappa shape index (κ1) is 9.43. The Hall–Kier alpha value is -1.66. The lowest BCUT2D eigenvalue weighted by Crippen LogP contribution is -1.95. The zero-order valence-corrected chi connectivity index (χ0v) is 7.27. The van der Waals surface area contributed by atoms with E-state index in [-0.39, 0.29) is 0 Å². The molecule has 0 amide bonds. The second-order valence-corrected chi connectivity index (χ2v) is 2.54. The maximum atomic E-state index is 8.58. The molecule has 0 aliphatic rings. The number of hydrogen-bond acceptors (Lipinski definition) is 3. The van der Waals surface area contributed by atoms with Crippen LogP contribution < -0.4 is 5.73 Å². The fourth-order valence-electron chi connectivity index (χ4n) is 0.907. The number of pyridine rings is 1. The van der Waals surface area contributed by atoms with E-state index in [2.05, 4.69) is 4.98 Å². The van der Waals surface area contributed by atoms with Gasteiger partial charge in [0.2, 0.25) is 0 Å². The third kappa shape index (κ3) is 3.06. The van der Waals surface area contributed by atoms with Crippen molar-refractivity contribution in [3.63, 3.8) is 0 Å². The van der Waals surface area contributed by atoms with Gasteiger partial charge in [-0.25, -0.2) is 4.98 Å². The van der Waals surface area contributed by atoms with E-state index in [0.29, 0.717) is 12.2 Å². The average molecular weight is 173 g/mol. The molecule has 0 atom stereocenters. The summed E-state index contributed by atoms with van der Waals surface area (Å²) in [6.07, 6.45) is 4.65. The molecule has 1 heterocycles. The van der Waals surface area contributed by atoms with Crippen LogP contribution in [0.5, 0.6) is 0 Å². The molecule has 1 rings (SSSR count). The average Bonchev–Trinajstić information content (AvgIpc) is 2.19. The second kappa shape index (κ2) is 5.07. The van der Waals surface area contributed by atoms with Crippen molar-refractivity contribution in [3.05, 3.63) is 35.7 Å². The summed E-state index contributed by atoms with van der Waals surface area (Å²) < 4.78 is 0. The molecule has 0 bridgehead atoms. The first-order valence-electron chi connectivity index (χ1n) is 4.10. The lowest BCUT2D eigenvalue weighted by Gasteiger charge is -1.92. The van der Waals surface area contributed by atoms with E-state index in [1.165, 1.54) is 0 Å². The zero-order chi connectivity index (χ0) is 9.52. The van der Waals surface area contributed by atoms with Gasteiger partial charge in [0.1, 0.15) is 11.8 Å². The SMILES string of the molecule is N#Cc1cccc(C=CCCN)n1. The predicted molar refractivity (Wildman–Crippen MR) is 51.7 cm³/mol. The summed E-state index contributed by atoms with van der Waals surface area (Å²) in [5, 5.41) is 8.58. The Labute approximate surface area is 77.5 Å². The summed E-state index contributed by atoms with van der Waals surface area (Å²) in [6, 6.07) is 7.34. The molecule has 0 aromatic carbocycles. The Morgan fingerprint density at radius 1 is 1.54 bits per heavy atom. The third-order valence-electron chi connectivity index (χ3n) is 1.51. The molecule has 0 aliphatic heterocycles. The zero-order valence-electron chi connectivity index (χ0n) is 7.27. The van der Waals surface area contributed by atoms with Crippen LogP contribution >= 0.6 is 0 Å². The lowest BCUT2D eigenvalue weighted by atomic mass is 10.2. The molecule has 66 valence electrons. The molecule has 1 aromatic heterocycles. The van der Waals surface area contributed by atoms with Gasteiger partial charge in [0.25, 0.3) is 0 Å². The van der Waals surface area contributed by atoms with Crippen molar-refractivity contribution in [2.75, 3.05) is 6.54 Å². The molecule has 3 nitrogen and oxygen atoms in total. The lowest BCUT2D eigenvalue weighted by molar-refractivity contribution is 1.01. The quantitative estimate of drug-likeness (QED) is 0.749. The van der Waals surface area contributed by atoms with Crippen molar-refractivity contribution < 1.29 is 0 Å². The molecule has 13 heavy (non-hydrogen) atoms. The van der Waals surface area contributed by atoms with Gasteiger partial charge in [-0.3, -0.25) is 0 Å².